The zero-order valence-electron chi connectivity index (χ0n) is 21.1. The molecule has 10 nitrogen and oxygen atoms in total. The third kappa shape index (κ3) is 9.07. The Kier molecular flexibility index (Phi) is 9.48. The predicted octanol–water partition coefficient (Wildman–Crippen LogP) is 3.79. The first kappa shape index (κ1) is 27.9. The van der Waals surface area contributed by atoms with Crippen LogP contribution in [0.4, 0.5) is 4.79 Å². The first-order chi connectivity index (χ1) is 17.5. The van der Waals surface area contributed by atoms with Crippen molar-refractivity contribution >= 4 is 18.0 Å². The summed E-state index contributed by atoms with van der Waals surface area (Å²) < 4.78 is 22.5. The Labute approximate surface area is 215 Å². The molecule has 1 aliphatic heterocycles. The second kappa shape index (κ2) is 12.6. The van der Waals surface area contributed by atoms with E-state index in [1.54, 1.807) is 45.0 Å². The summed E-state index contributed by atoms with van der Waals surface area (Å²) in [4.78, 5) is 35.5. The average Bonchev–Trinajstić information content (AvgIpc) is 2.84. The standard InChI is InChI=1S/C27H33NO9/c1-27(2,3)37-26(33)28-22(24(31)32)14-19(23(29)30)13-17-9-11-20(12-10-17)36-21-15-34-25(35-16-21)18-7-5-4-6-8-18/h4-12,19,21-22,25H,13-16H2,1-3H3,(H,28,33)(H,29,30)(H,31,32)/t19-,21?,22-,25?/m0/s1. The number of carbonyl (C=O) groups excluding carboxylic acids is 1. The summed E-state index contributed by atoms with van der Waals surface area (Å²) in [5.41, 5.74) is 0.800. The molecule has 0 aliphatic carbocycles. The number of aliphatic carboxylic acids is 2. The molecule has 200 valence electrons. The molecule has 0 aromatic heterocycles. The molecular formula is C27H33NO9. The molecule has 1 saturated heterocycles. The van der Waals surface area contributed by atoms with Gasteiger partial charge >= 0.3 is 18.0 Å². The Bertz CT molecular complexity index is 1040. The highest BCUT2D eigenvalue weighted by atomic mass is 16.7. The molecule has 1 fully saturated rings. The molecule has 0 radical (unpaired) electrons. The van der Waals surface area contributed by atoms with Crippen LogP contribution in [0.3, 0.4) is 0 Å². The highest BCUT2D eigenvalue weighted by Gasteiger charge is 2.30. The molecule has 0 spiro atoms. The number of carboxylic acids is 2. The fraction of sp³-hybridized carbons (Fsp3) is 0.444. The Morgan fingerprint density at radius 3 is 2.14 bits per heavy atom. The topological polar surface area (TPSA) is 141 Å². The van der Waals surface area contributed by atoms with Gasteiger partial charge in [-0.15, -0.1) is 0 Å². The van der Waals surface area contributed by atoms with E-state index in [9.17, 15) is 24.6 Å². The maximum absolute atomic E-state index is 12.0. The van der Waals surface area contributed by atoms with Gasteiger partial charge in [0.05, 0.1) is 19.1 Å². The van der Waals surface area contributed by atoms with E-state index in [0.717, 1.165) is 5.56 Å². The summed E-state index contributed by atoms with van der Waals surface area (Å²) in [6, 6.07) is 15.1. The number of rotatable bonds is 10. The van der Waals surface area contributed by atoms with E-state index in [1.807, 2.05) is 30.3 Å². The van der Waals surface area contributed by atoms with Gasteiger partial charge in [0, 0.05) is 5.56 Å². The SMILES string of the molecule is CC(C)(C)OC(=O)N[C@@H](C[C@H](Cc1ccc(OC2COC(c3ccccc3)OC2)cc1)C(=O)O)C(=O)O. The summed E-state index contributed by atoms with van der Waals surface area (Å²) in [6.07, 6.45) is -1.88. The number of carbonyl (C=O) groups is 3. The first-order valence-electron chi connectivity index (χ1n) is 12.0. The Morgan fingerprint density at radius 1 is 0.973 bits per heavy atom. The number of carboxylic acid groups (broad SMARTS) is 2. The van der Waals surface area contributed by atoms with E-state index in [4.69, 9.17) is 18.9 Å². The maximum Gasteiger partial charge on any atom is 0.408 e. The zero-order chi connectivity index (χ0) is 27.0. The van der Waals surface area contributed by atoms with Crippen molar-refractivity contribution in [1.29, 1.82) is 0 Å². The van der Waals surface area contributed by atoms with Crippen molar-refractivity contribution in [2.75, 3.05) is 13.2 Å². The van der Waals surface area contributed by atoms with Gasteiger partial charge in [0.15, 0.2) is 6.29 Å². The van der Waals surface area contributed by atoms with Crippen molar-refractivity contribution in [3.05, 3.63) is 65.7 Å². The highest BCUT2D eigenvalue weighted by molar-refractivity contribution is 5.81. The number of ether oxygens (including phenoxy) is 4. The van der Waals surface area contributed by atoms with E-state index < -0.39 is 41.9 Å². The number of alkyl carbamates (subject to hydrolysis) is 1. The number of nitrogens with one attached hydrogen (secondary N) is 1. The van der Waals surface area contributed by atoms with Crippen LogP contribution in [-0.2, 0) is 30.2 Å². The molecule has 2 atom stereocenters. The third-order valence-corrected chi connectivity index (χ3v) is 5.51. The molecule has 0 bridgehead atoms. The molecule has 10 heteroatoms. The van der Waals surface area contributed by atoms with Gasteiger partial charge < -0.3 is 34.5 Å². The summed E-state index contributed by atoms with van der Waals surface area (Å²) in [5, 5.41) is 21.4. The largest absolute Gasteiger partial charge is 0.486 e. The van der Waals surface area contributed by atoms with Gasteiger partial charge in [0.2, 0.25) is 0 Å². The lowest BCUT2D eigenvalue weighted by Gasteiger charge is -2.30. The molecule has 1 heterocycles. The molecule has 3 N–H and O–H groups in total. The van der Waals surface area contributed by atoms with Crippen molar-refractivity contribution in [2.24, 2.45) is 5.92 Å². The smallest absolute Gasteiger partial charge is 0.408 e. The number of hydrogen-bond donors (Lipinski definition) is 3. The molecule has 0 unspecified atom stereocenters. The van der Waals surface area contributed by atoms with Crippen molar-refractivity contribution in [1.82, 2.24) is 5.32 Å². The second-order valence-electron chi connectivity index (χ2n) is 9.81. The van der Waals surface area contributed by atoms with E-state index >= 15 is 0 Å². The van der Waals surface area contributed by atoms with Gasteiger partial charge in [0.25, 0.3) is 0 Å². The molecule has 1 aliphatic rings. The lowest BCUT2D eigenvalue weighted by atomic mass is 9.92. The minimum atomic E-state index is -1.41. The molecule has 3 rings (SSSR count). The van der Waals surface area contributed by atoms with Crippen LogP contribution >= 0.6 is 0 Å². The van der Waals surface area contributed by atoms with Crippen molar-refractivity contribution < 1.29 is 43.5 Å². The summed E-state index contributed by atoms with van der Waals surface area (Å²) in [7, 11) is 0. The summed E-state index contributed by atoms with van der Waals surface area (Å²) in [5.74, 6) is -2.98. The van der Waals surface area contributed by atoms with Crippen LogP contribution in [0.2, 0.25) is 0 Å². The van der Waals surface area contributed by atoms with E-state index in [1.165, 1.54) is 0 Å². The minimum Gasteiger partial charge on any atom is -0.486 e. The molecule has 2 aromatic rings. The van der Waals surface area contributed by atoms with E-state index in [2.05, 4.69) is 5.32 Å². The molecule has 1 amide bonds. The highest BCUT2D eigenvalue weighted by Crippen LogP contribution is 2.25. The Hall–Kier alpha value is -3.63. The Balaban J connectivity index is 1.53. The quantitative estimate of drug-likeness (QED) is 0.431. The molecule has 37 heavy (non-hydrogen) atoms. The van der Waals surface area contributed by atoms with Gasteiger partial charge in [-0.3, -0.25) is 4.79 Å². The van der Waals surface area contributed by atoms with Crippen LogP contribution in [-0.4, -0.2) is 59.2 Å². The van der Waals surface area contributed by atoms with Gasteiger partial charge in [-0.25, -0.2) is 9.59 Å². The van der Waals surface area contributed by atoms with Gasteiger partial charge in [-0.05, 0) is 51.3 Å². The molecular weight excluding hydrogens is 482 g/mol. The first-order valence-corrected chi connectivity index (χ1v) is 12.0. The van der Waals surface area contributed by atoms with Gasteiger partial charge in [-0.2, -0.15) is 0 Å². The monoisotopic (exact) mass is 515 g/mol. The normalized spacial score (nSPS) is 19.3. The average molecular weight is 516 g/mol. The fourth-order valence-electron chi connectivity index (χ4n) is 3.76. The second-order valence-corrected chi connectivity index (χ2v) is 9.81. The van der Waals surface area contributed by atoms with Crippen molar-refractivity contribution in [2.45, 2.75) is 57.6 Å². The van der Waals surface area contributed by atoms with E-state index in [-0.39, 0.29) is 18.9 Å². The molecule has 0 saturated carbocycles. The van der Waals surface area contributed by atoms with Crippen LogP contribution < -0.4 is 10.1 Å². The number of hydrogen-bond acceptors (Lipinski definition) is 7. The van der Waals surface area contributed by atoms with Crippen LogP contribution in [0.1, 0.15) is 44.6 Å². The van der Waals surface area contributed by atoms with Crippen LogP contribution in [0, 0.1) is 5.92 Å². The summed E-state index contributed by atoms with van der Waals surface area (Å²) in [6.45, 7) is 5.63. The van der Waals surface area contributed by atoms with Crippen molar-refractivity contribution in [3.63, 3.8) is 0 Å². The third-order valence-electron chi connectivity index (χ3n) is 5.51. The van der Waals surface area contributed by atoms with Gasteiger partial charge in [0.1, 0.15) is 23.5 Å². The van der Waals surface area contributed by atoms with Crippen LogP contribution in [0.5, 0.6) is 5.75 Å². The zero-order valence-corrected chi connectivity index (χ0v) is 21.1. The minimum absolute atomic E-state index is 0.0732. The van der Waals surface area contributed by atoms with Gasteiger partial charge in [-0.1, -0.05) is 42.5 Å². The van der Waals surface area contributed by atoms with Crippen LogP contribution in [0.25, 0.3) is 0 Å². The predicted molar refractivity (Wildman–Crippen MR) is 132 cm³/mol. The molecule has 2 aromatic carbocycles. The van der Waals surface area contributed by atoms with Crippen LogP contribution in [0.15, 0.2) is 54.6 Å². The van der Waals surface area contributed by atoms with E-state index in [0.29, 0.717) is 24.5 Å². The number of amides is 1. The van der Waals surface area contributed by atoms with Crippen molar-refractivity contribution in [3.8, 4) is 5.75 Å². The summed E-state index contributed by atoms with van der Waals surface area (Å²) >= 11 is 0. The maximum atomic E-state index is 12.0. The lowest BCUT2D eigenvalue weighted by molar-refractivity contribution is -0.215. The fourth-order valence-corrected chi connectivity index (χ4v) is 3.76. The lowest BCUT2D eigenvalue weighted by Crippen LogP contribution is -2.45. The Morgan fingerprint density at radius 2 is 1.59 bits per heavy atom. The number of benzene rings is 2.